The molecule has 0 radical (unpaired) electrons. The molecule has 29 heavy (non-hydrogen) atoms. The minimum atomic E-state index is -0.129. The fourth-order valence-electron chi connectivity index (χ4n) is 2.94. The van der Waals surface area contributed by atoms with Gasteiger partial charge in [-0.15, -0.1) is 0 Å². The molecule has 0 unspecified atom stereocenters. The molecule has 4 aromatic rings. The molecule has 0 saturated carbocycles. The Morgan fingerprint density at radius 3 is 2.45 bits per heavy atom. The monoisotopic (exact) mass is 419 g/mol. The van der Waals surface area contributed by atoms with Crippen molar-refractivity contribution in [3.63, 3.8) is 0 Å². The first-order chi connectivity index (χ1) is 14.2. The number of fused-ring (bicyclic) bond motifs is 1. The van der Waals surface area contributed by atoms with Crippen LogP contribution >= 0.6 is 23.4 Å². The van der Waals surface area contributed by atoms with E-state index in [1.54, 1.807) is 12.1 Å². The van der Waals surface area contributed by atoms with Gasteiger partial charge in [0.1, 0.15) is 10.9 Å². The predicted molar refractivity (Wildman–Crippen MR) is 120 cm³/mol. The average Bonchev–Trinajstić information content (AvgIpc) is 2.74. The van der Waals surface area contributed by atoms with Gasteiger partial charge in [-0.2, -0.15) is 0 Å². The molecule has 6 heteroatoms. The molecule has 0 aliphatic rings. The number of benzene rings is 3. The minimum Gasteiger partial charge on any atom is -0.324 e. The van der Waals surface area contributed by atoms with Crippen LogP contribution in [0.4, 0.5) is 5.69 Å². The summed E-state index contributed by atoms with van der Waals surface area (Å²) in [5.74, 6) is 0.844. The Morgan fingerprint density at radius 2 is 1.62 bits per heavy atom. The van der Waals surface area contributed by atoms with Crippen LogP contribution in [-0.2, 0) is 11.2 Å². The third-order valence-electron chi connectivity index (χ3n) is 4.31. The Kier molecular flexibility index (Phi) is 6.08. The van der Waals surface area contributed by atoms with Crippen LogP contribution < -0.4 is 5.32 Å². The van der Waals surface area contributed by atoms with Crippen molar-refractivity contribution in [3.8, 4) is 0 Å². The summed E-state index contributed by atoms with van der Waals surface area (Å²) < 4.78 is 0. The van der Waals surface area contributed by atoms with Crippen molar-refractivity contribution in [1.29, 1.82) is 0 Å². The highest BCUT2D eigenvalue weighted by atomic mass is 35.5. The van der Waals surface area contributed by atoms with Gasteiger partial charge in [0.2, 0.25) is 5.91 Å². The fourth-order valence-corrected chi connectivity index (χ4v) is 3.96. The van der Waals surface area contributed by atoms with Gasteiger partial charge in [0.05, 0.1) is 22.0 Å². The summed E-state index contributed by atoms with van der Waals surface area (Å²) in [6.45, 7) is 0. The molecule has 4 rings (SSSR count). The number of nitrogens with one attached hydrogen (secondary N) is 1. The molecule has 1 amide bonds. The first kappa shape index (κ1) is 19.4. The van der Waals surface area contributed by atoms with Gasteiger partial charge in [-0.25, -0.2) is 9.97 Å². The normalized spacial score (nSPS) is 10.8. The van der Waals surface area contributed by atoms with E-state index in [2.05, 4.69) is 17.4 Å². The lowest BCUT2D eigenvalue weighted by Gasteiger charge is -2.10. The van der Waals surface area contributed by atoms with Gasteiger partial charge in [-0.05, 0) is 23.8 Å². The highest BCUT2D eigenvalue weighted by Gasteiger charge is 2.12. The molecule has 1 aromatic heterocycles. The second kappa shape index (κ2) is 9.07. The van der Waals surface area contributed by atoms with E-state index in [0.29, 0.717) is 17.1 Å². The van der Waals surface area contributed by atoms with Crippen LogP contribution in [0.3, 0.4) is 0 Å². The number of carbonyl (C=O) groups is 1. The van der Waals surface area contributed by atoms with Crippen molar-refractivity contribution in [2.45, 2.75) is 11.4 Å². The summed E-state index contributed by atoms with van der Waals surface area (Å²) in [7, 11) is 0. The molecule has 0 atom stereocenters. The van der Waals surface area contributed by atoms with Crippen molar-refractivity contribution >= 4 is 45.9 Å². The van der Waals surface area contributed by atoms with Gasteiger partial charge in [0.25, 0.3) is 0 Å². The van der Waals surface area contributed by atoms with Gasteiger partial charge < -0.3 is 5.32 Å². The van der Waals surface area contributed by atoms with E-state index in [-0.39, 0.29) is 11.7 Å². The molecular weight excluding hydrogens is 402 g/mol. The molecule has 0 bridgehead atoms. The summed E-state index contributed by atoms with van der Waals surface area (Å²) in [6, 6.07) is 25.2. The van der Waals surface area contributed by atoms with Gasteiger partial charge in [0, 0.05) is 11.8 Å². The highest BCUT2D eigenvalue weighted by Crippen LogP contribution is 2.27. The van der Waals surface area contributed by atoms with Gasteiger partial charge in [-0.1, -0.05) is 84.0 Å². The van der Waals surface area contributed by atoms with E-state index in [0.717, 1.165) is 27.3 Å². The maximum absolute atomic E-state index is 12.4. The third-order valence-corrected chi connectivity index (χ3v) is 5.63. The number of anilines is 1. The molecule has 1 heterocycles. The minimum absolute atomic E-state index is 0.129. The molecule has 0 spiro atoms. The van der Waals surface area contributed by atoms with Crippen LogP contribution in [-0.4, -0.2) is 21.6 Å². The number of hydrogen-bond donors (Lipinski definition) is 1. The summed E-state index contributed by atoms with van der Waals surface area (Å²) in [5.41, 5.74) is 2.63. The Balaban J connectivity index is 1.54. The second-order valence-electron chi connectivity index (χ2n) is 6.44. The number of hydrogen-bond acceptors (Lipinski definition) is 4. The molecule has 0 aliphatic carbocycles. The van der Waals surface area contributed by atoms with Crippen molar-refractivity contribution < 1.29 is 4.79 Å². The maximum Gasteiger partial charge on any atom is 0.234 e. The van der Waals surface area contributed by atoms with Gasteiger partial charge >= 0.3 is 0 Å². The summed E-state index contributed by atoms with van der Waals surface area (Å²) in [4.78, 5) is 21.8. The van der Waals surface area contributed by atoms with E-state index in [1.807, 2.05) is 54.6 Å². The summed E-state index contributed by atoms with van der Waals surface area (Å²) in [5, 5.41) is 5.11. The standard InChI is InChI=1S/C23H18ClN3OS/c24-18-11-5-7-13-20(18)26-22(28)15-29-23-17-10-4-6-12-19(17)25-21(27-23)14-16-8-2-1-3-9-16/h1-13H,14-15H2,(H,26,28). The van der Waals surface area contributed by atoms with Crippen LogP contribution in [0.1, 0.15) is 11.4 Å². The Labute approximate surface area is 178 Å². The number of nitrogens with zero attached hydrogens (tertiary/aromatic N) is 2. The van der Waals surface area contributed by atoms with Crippen molar-refractivity contribution in [2.24, 2.45) is 0 Å². The fraction of sp³-hybridized carbons (Fsp3) is 0.0870. The topological polar surface area (TPSA) is 54.9 Å². The number of carbonyl (C=O) groups excluding carboxylic acids is 1. The average molecular weight is 420 g/mol. The molecule has 1 N–H and O–H groups in total. The Bertz CT molecular complexity index is 1150. The second-order valence-corrected chi connectivity index (χ2v) is 7.81. The lowest BCUT2D eigenvalue weighted by atomic mass is 10.1. The van der Waals surface area contributed by atoms with E-state index >= 15 is 0 Å². The smallest absolute Gasteiger partial charge is 0.234 e. The zero-order valence-electron chi connectivity index (χ0n) is 15.5. The highest BCUT2D eigenvalue weighted by molar-refractivity contribution is 8.00. The molecule has 0 saturated heterocycles. The molecule has 0 aliphatic heterocycles. The van der Waals surface area contributed by atoms with Crippen LogP contribution in [0, 0.1) is 0 Å². The van der Waals surface area contributed by atoms with E-state index in [1.165, 1.54) is 11.8 Å². The lowest BCUT2D eigenvalue weighted by molar-refractivity contribution is -0.113. The molecule has 0 fully saturated rings. The first-order valence-corrected chi connectivity index (χ1v) is 10.5. The molecular formula is C23H18ClN3OS. The Hall–Kier alpha value is -2.89. The van der Waals surface area contributed by atoms with Crippen molar-refractivity contribution in [3.05, 3.63) is 95.3 Å². The quantitative estimate of drug-likeness (QED) is 0.326. The Morgan fingerprint density at radius 1 is 0.897 bits per heavy atom. The molecule has 144 valence electrons. The van der Waals surface area contributed by atoms with E-state index < -0.39 is 0 Å². The zero-order chi connectivity index (χ0) is 20.1. The number of aromatic nitrogens is 2. The summed E-state index contributed by atoms with van der Waals surface area (Å²) >= 11 is 7.52. The first-order valence-electron chi connectivity index (χ1n) is 9.16. The number of thioether (sulfide) groups is 1. The van der Waals surface area contributed by atoms with Crippen molar-refractivity contribution in [1.82, 2.24) is 9.97 Å². The number of amides is 1. The van der Waals surface area contributed by atoms with E-state index in [9.17, 15) is 4.79 Å². The number of rotatable bonds is 6. The van der Waals surface area contributed by atoms with Gasteiger partial charge in [-0.3, -0.25) is 4.79 Å². The van der Waals surface area contributed by atoms with Crippen LogP contribution in [0.5, 0.6) is 0 Å². The predicted octanol–water partition coefficient (Wildman–Crippen LogP) is 5.60. The third kappa shape index (κ3) is 4.94. The number of para-hydroxylation sites is 2. The van der Waals surface area contributed by atoms with Gasteiger partial charge in [0.15, 0.2) is 0 Å². The van der Waals surface area contributed by atoms with Crippen LogP contribution in [0.2, 0.25) is 5.02 Å². The SMILES string of the molecule is O=C(CSc1nc(Cc2ccccc2)nc2ccccc12)Nc1ccccc1Cl. The zero-order valence-corrected chi connectivity index (χ0v) is 17.1. The maximum atomic E-state index is 12.4. The van der Waals surface area contributed by atoms with Crippen molar-refractivity contribution in [2.75, 3.05) is 11.1 Å². The van der Waals surface area contributed by atoms with E-state index in [4.69, 9.17) is 21.6 Å². The van der Waals surface area contributed by atoms with Crippen LogP contribution in [0.15, 0.2) is 83.9 Å². The largest absolute Gasteiger partial charge is 0.324 e. The lowest BCUT2D eigenvalue weighted by Crippen LogP contribution is -2.14. The van der Waals surface area contributed by atoms with Crippen LogP contribution in [0.25, 0.3) is 10.9 Å². The molecule has 4 nitrogen and oxygen atoms in total. The summed E-state index contributed by atoms with van der Waals surface area (Å²) in [6.07, 6.45) is 0.644. The number of halogens is 1. The molecule has 3 aromatic carbocycles.